The number of para-hydroxylation sites is 3. The Balaban J connectivity index is 1.01. The normalized spacial score (nSPS) is 11.5. The number of aromatic nitrogens is 1. The Kier molecular flexibility index (Phi) is 6.78. The van der Waals surface area contributed by atoms with E-state index in [9.17, 15) is 0 Å². The summed E-state index contributed by atoms with van der Waals surface area (Å²) in [5.41, 5.74) is 11.8. The molecule has 10 rings (SSSR count). The van der Waals surface area contributed by atoms with Gasteiger partial charge >= 0.3 is 0 Å². The minimum atomic E-state index is 0.568. The molecule has 4 heteroatoms. The second kappa shape index (κ2) is 11.9. The van der Waals surface area contributed by atoms with Gasteiger partial charge in [0.2, 0.25) is 5.89 Å². The van der Waals surface area contributed by atoms with Gasteiger partial charge in [-0.3, -0.25) is 0 Å². The quantitative estimate of drug-likeness (QED) is 0.179. The zero-order valence-corrected chi connectivity index (χ0v) is 27.5. The number of nitrogens with zero attached hydrogens (tertiary/aromatic N) is 2. The zero-order chi connectivity index (χ0) is 33.7. The largest absolute Gasteiger partial charge is 0.456 e. The first-order valence-corrected chi connectivity index (χ1v) is 17.1. The van der Waals surface area contributed by atoms with Crippen LogP contribution in [0.15, 0.2) is 191 Å². The van der Waals surface area contributed by atoms with Gasteiger partial charge in [-0.2, -0.15) is 0 Å². The summed E-state index contributed by atoms with van der Waals surface area (Å²) >= 11 is 0. The molecule has 51 heavy (non-hydrogen) atoms. The van der Waals surface area contributed by atoms with Crippen molar-refractivity contribution in [2.45, 2.75) is 0 Å². The van der Waals surface area contributed by atoms with Gasteiger partial charge in [0.05, 0.1) is 0 Å². The van der Waals surface area contributed by atoms with Crippen LogP contribution in [0.3, 0.4) is 0 Å². The average Bonchev–Trinajstić information content (AvgIpc) is 3.80. The number of furan rings is 1. The lowest BCUT2D eigenvalue weighted by Gasteiger charge is -2.26. The van der Waals surface area contributed by atoms with Crippen molar-refractivity contribution in [2.75, 3.05) is 4.90 Å². The van der Waals surface area contributed by atoms with E-state index in [4.69, 9.17) is 13.8 Å². The summed E-state index contributed by atoms with van der Waals surface area (Å²) in [6.45, 7) is 0. The summed E-state index contributed by atoms with van der Waals surface area (Å²) in [5, 5.41) is 4.66. The van der Waals surface area contributed by atoms with Gasteiger partial charge in [0, 0.05) is 39.0 Å². The van der Waals surface area contributed by atoms with E-state index < -0.39 is 0 Å². The molecule has 0 fully saturated rings. The number of oxazole rings is 1. The van der Waals surface area contributed by atoms with Crippen LogP contribution in [0, 0.1) is 0 Å². The Morgan fingerprint density at radius 1 is 0.373 bits per heavy atom. The van der Waals surface area contributed by atoms with Crippen LogP contribution in [0.4, 0.5) is 17.1 Å². The molecule has 0 atom stereocenters. The van der Waals surface area contributed by atoms with Crippen molar-refractivity contribution in [1.29, 1.82) is 0 Å². The first-order valence-electron chi connectivity index (χ1n) is 17.1. The van der Waals surface area contributed by atoms with Crippen LogP contribution in [0.25, 0.3) is 77.5 Å². The predicted molar refractivity (Wildman–Crippen MR) is 210 cm³/mol. The van der Waals surface area contributed by atoms with Crippen molar-refractivity contribution >= 4 is 60.9 Å². The standard InChI is InChI=1S/C47H30N2O2/c1-2-13-37(14-3-1)49(39-15-8-12-34(29-39)35-21-20-31-10-4-5-11-33(31)28-35)38-25-22-32(23-26-38)40-17-9-19-44-46(40)48-47(51-44)36-24-27-42-41-16-6-7-18-43(41)50-45(42)30-36/h1-30H. The van der Waals surface area contributed by atoms with Crippen molar-refractivity contribution in [1.82, 2.24) is 4.98 Å². The molecule has 240 valence electrons. The molecule has 0 aliphatic carbocycles. The minimum Gasteiger partial charge on any atom is -0.456 e. The molecular weight excluding hydrogens is 625 g/mol. The van der Waals surface area contributed by atoms with Crippen molar-refractivity contribution < 1.29 is 8.83 Å². The molecule has 0 saturated heterocycles. The fourth-order valence-corrected chi connectivity index (χ4v) is 7.17. The van der Waals surface area contributed by atoms with E-state index in [-0.39, 0.29) is 0 Å². The molecule has 0 aliphatic rings. The van der Waals surface area contributed by atoms with Gasteiger partial charge in [-0.15, -0.1) is 0 Å². The molecular formula is C47H30N2O2. The SMILES string of the molecule is c1ccc(N(c2ccc(-c3cccc4oc(-c5ccc6c(c5)oc5ccccc56)nc34)cc2)c2cccc(-c3ccc4ccccc4c3)c2)cc1. The van der Waals surface area contributed by atoms with E-state index >= 15 is 0 Å². The highest BCUT2D eigenvalue weighted by Gasteiger charge is 2.17. The molecule has 0 spiro atoms. The van der Waals surface area contributed by atoms with E-state index in [1.807, 2.05) is 36.4 Å². The summed E-state index contributed by atoms with van der Waals surface area (Å²) < 4.78 is 12.5. The highest BCUT2D eigenvalue weighted by atomic mass is 16.3. The van der Waals surface area contributed by atoms with Gasteiger partial charge in [0.15, 0.2) is 5.58 Å². The molecule has 0 amide bonds. The number of hydrogen-bond acceptors (Lipinski definition) is 4. The first kappa shape index (κ1) is 29.0. The fraction of sp³-hybridized carbons (Fsp3) is 0. The third kappa shape index (κ3) is 5.13. The Hall–Kier alpha value is -6.91. The molecule has 4 nitrogen and oxygen atoms in total. The number of benzene rings is 8. The van der Waals surface area contributed by atoms with Crippen molar-refractivity contribution in [3.63, 3.8) is 0 Å². The molecule has 0 aliphatic heterocycles. The number of anilines is 3. The summed E-state index contributed by atoms with van der Waals surface area (Å²) in [6, 6.07) is 63.5. The fourth-order valence-electron chi connectivity index (χ4n) is 7.17. The van der Waals surface area contributed by atoms with Gasteiger partial charge in [0.1, 0.15) is 16.7 Å². The third-order valence-corrected chi connectivity index (χ3v) is 9.68. The Labute approximate surface area is 294 Å². The molecule has 0 unspecified atom stereocenters. The average molecular weight is 655 g/mol. The van der Waals surface area contributed by atoms with Crippen molar-refractivity contribution in [2.24, 2.45) is 0 Å². The van der Waals surface area contributed by atoms with Crippen molar-refractivity contribution in [3.8, 4) is 33.7 Å². The maximum atomic E-state index is 6.33. The molecule has 0 radical (unpaired) electrons. The smallest absolute Gasteiger partial charge is 0.227 e. The maximum Gasteiger partial charge on any atom is 0.227 e. The summed E-state index contributed by atoms with van der Waals surface area (Å²) in [7, 11) is 0. The van der Waals surface area contributed by atoms with Gasteiger partial charge in [-0.25, -0.2) is 4.98 Å². The molecule has 2 heterocycles. The van der Waals surface area contributed by atoms with Crippen LogP contribution < -0.4 is 4.90 Å². The first-order chi connectivity index (χ1) is 25.2. The van der Waals surface area contributed by atoms with Crippen LogP contribution >= 0.6 is 0 Å². The summed E-state index contributed by atoms with van der Waals surface area (Å²) in [4.78, 5) is 7.31. The Morgan fingerprint density at radius 3 is 1.94 bits per heavy atom. The Morgan fingerprint density at radius 2 is 1.04 bits per heavy atom. The molecule has 10 aromatic rings. The van der Waals surface area contributed by atoms with Crippen LogP contribution in [0.2, 0.25) is 0 Å². The van der Waals surface area contributed by atoms with Crippen LogP contribution in [0.1, 0.15) is 0 Å². The molecule has 0 N–H and O–H groups in total. The number of fused-ring (bicyclic) bond motifs is 5. The van der Waals surface area contributed by atoms with Gasteiger partial charge in [-0.05, 0) is 100 Å². The van der Waals surface area contributed by atoms with Gasteiger partial charge in [0.25, 0.3) is 0 Å². The summed E-state index contributed by atoms with van der Waals surface area (Å²) in [5.74, 6) is 0.568. The lowest BCUT2D eigenvalue weighted by Crippen LogP contribution is -2.09. The lowest BCUT2D eigenvalue weighted by atomic mass is 10.00. The molecule has 0 bridgehead atoms. The van der Waals surface area contributed by atoms with Crippen LogP contribution in [-0.2, 0) is 0 Å². The molecule has 2 aromatic heterocycles. The van der Waals surface area contributed by atoms with E-state index in [0.717, 1.165) is 66.8 Å². The van der Waals surface area contributed by atoms with E-state index in [1.165, 1.54) is 21.9 Å². The van der Waals surface area contributed by atoms with E-state index in [2.05, 4.69) is 150 Å². The topological polar surface area (TPSA) is 42.4 Å². The highest BCUT2D eigenvalue weighted by molar-refractivity contribution is 6.06. The van der Waals surface area contributed by atoms with E-state index in [0.29, 0.717) is 5.89 Å². The highest BCUT2D eigenvalue weighted by Crippen LogP contribution is 2.39. The zero-order valence-electron chi connectivity index (χ0n) is 27.5. The third-order valence-electron chi connectivity index (χ3n) is 9.68. The monoisotopic (exact) mass is 654 g/mol. The second-order valence-electron chi connectivity index (χ2n) is 12.8. The van der Waals surface area contributed by atoms with Crippen LogP contribution in [0.5, 0.6) is 0 Å². The number of rotatable bonds is 6. The maximum absolute atomic E-state index is 6.33. The molecule has 8 aromatic carbocycles. The van der Waals surface area contributed by atoms with Gasteiger partial charge in [-0.1, -0.05) is 109 Å². The van der Waals surface area contributed by atoms with Crippen LogP contribution in [-0.4, -0.2) is 4.98 Å². The predicted octanol–water partition coefficient (Wildman–Crippen LogP) is 13.4. The van der Waals surface area contributed by atoms with Gasteiger partial charge < -0.3 is 13.7 Å². The molecule has 0 saturated carbocycles. The number of hydrogen-bond donors (Lipinski definition) is 0. The van der Waals surface area contributed by atoms with Crippen molar-refractivity contribution in [3.05, 3.63) is 182 Å². The van der Waals surface area contributed by atoms with E-state index in [1.54, 1.807) is 0 Å². The summed E-state index contributed by atoms with van der Waals surface area (Å²) in [6.07, 6.45) is 0. The minimum absolute atomic E-state index is 0.568. The Bertz CT molecular complexity index is 2870. The second-order valence-corrected chi connectivity index (χ2v) is 12.8. The lowest BCUT2D eigenvalue weighted by molar-refractivity contribution is 0.619.